The molecule has 3 rings (SSSR count). The van der Waals surface area contributed by atoms with Crippen molar-refractivity contribution < 1.29 is 19.1 Å². The van der Waals surface area contributed by atoms with Crippen molar-refractivity contribution in [1.29, 1.82) is 0 Å². The largest absolute Gasteiger partial charge is 0.493 e. The third kappa shape index (κ3) is 3.90. The van der Waals surface area contributed by atoms with Gasteiger partial charge in [-0.1, -0.05) is 39.0 Å². The molecule has 1 aliphatic rings. The first-order valence-corrected chi connectivity index (χ1v) is 9.91. The van der Waals surface area contributed by atoms with E-state index in [0.717, 1.165) is 5.69 Å². The molecule has 6 heteroatoms. The van der Waals surface area contributed by atoms with Crippen LogP contribution in [0.25, 0.3) is 5.57 Å². The van der Waals surface area contributed by atoms with Crippen molar-refractivity contribution in [1.82, 2.24) is 4.90 Å². The van der Waals surface area contributed by atoms with Gasteiger partial charge in [-0.25, -0.2) is 0 Å². The number of nitrogens with one attached hydrogen (secondary N) is 1. The van der Waals surface area contributed by atoms with Gasteiger partial charge in [0.15, 0.2) is 11.5 Å². The van der Waals surface area contributed by atoms with E-state index in [9.17, 15) is 9.59 Å². The molecule has 0 saturated carbocycles. The van der Waals surface area contributed by atoms with Gasteiger partial charge >= 0.3 is 0 Å². The van der Waals surface area contributed by atoms with E-state index in [0.29, 0.717) is 29.2 Å². The Morgan fingerprint density at radius 3 is 2.07 bits per heavy atom. The summed E-state index contributed by atoms with van der Waals surface area (Å²) >= 11 is 0. The summed E-state index contributed by atoms with van der Waals surface area (Å²) in [6, 6.07) is 13.1. The van der Waals surface area contributed by atoms with Gasteiger partial charge in [0.1, 0.15) is 5.70 Å². The molecule has 0 unspecified atom stereocenters. The number of nitrogens with zero attached hydrogens (tertiary/aromatic N) is 1. The maximum Gasteiger partial charge on any atom is 0.278 e. The third-order valence-corrected chi connectivity index (χ3v) is 5.18. The Balaban J connectivity index is 2.06. The molecule has 0 radical (unpaired) electrons. The van der Waals surface area contributed by atoms with E-state index in [-0.39, 0.29) is 22.9 Å². The van der Waals surface area contributed by atoms with Crippen LogP contribution in [0.5, 0.6) is 11.5 Å². The van der Waals surface area contributed by atoms with E-state index in [1.807, 2.05) is 24.3 Å². The number of benzene rings is 2. The fourth-order valence-corrected chi connectivity index (χ4v) is 3.44. The molecule has 0 atom stereocenters. The highest BCUT2D eigenvalue weighted by atomic mass is 16.5. The van der Waals surface area contributed by atoms with Crippen LogP contribution >= 0.6 is 0 Å². The number of rotatable bonds is 6. The van der Waals surface area contributed by atoms with Gasteiger partial charge in [-0.05, 0) is 47.7 Å². The zero-order valence-electron chi connectivity index (χ0n) is 18.3. The topological polar surface area (TPSA) is 67.9 Å². The zero-order chi connectivity index (χ0) is 22.1. The summed E-state index contributed by atoms with van der Waals surface area (Å²) in [6.45, 7) is 8.51. The maximum atomic E-state index is 13.0. The molecule has 2 aromatic rings. The molecular formula is C24H28N2O4. The number of anilines is 1. The van der Waals surface area contributed by atoms with Crippen LogP contribution in [0.15, 0.2) is 48.2 Å². The lowest BCUT2D eigenvalue weighted by Crippen LogP contribution is -2.32. The van der Waals surface area contributed by atoms with E-state index >= 15 is 0 Å². The van der Waals surface area contributed by atoms with E-state index in [2.05, 4.69) is 26.1 Å². The summed E-state index contributed by atoms with van der Waals surface area (Å²) in [4.78, 5) is 27.2. The van der Waals surface area contributed by atoms with Gasteiger partial charge in [0.2, 0.25) is 0 Å². The molecule has 2 aromatic carbocycles. The first-order chi connectivity index (χ1) is 14.2. The van der Waals surface area contributed by atoms with Gasteiger partial charge in [0.05, 0.1) is 19.8 Å². The number of hydrogen-bond donors (Lipinski definition) is 1. The minimum atomic E-state index is -0.341. The molecule has 1 N–H and O–H groups in total. The normalized spacial score (nSPS) is 14.4. The molecule has 0 aromatic heterocycles. The van der Waals surface area contributed by atoms with E-state index in [1.165, 1.54) is 17.6 Å². The Labute approximate surface area is 177 Å². The van der Waals surface area contributed by atoms with Crippen molar-refractivity contribution in [3.8, 4) is 11.5 Å². The van der Waals surface area contributed by atoms with Gasteiger partial charge in [-0.15, -0.1) is 0 Å². The number of carbonyl (C=O) groups excluding carboxylic acids is 2. The first-order valence-electron chi connectivity index (χ1n) is 9.91. The minimum Gasteiger partial charge on any atom is -0.493 e. The summed E-state index contributed by atoms with van der Waals surface area (Å²) in [5, 5.41) is 3.17. The van der Waals surface area contributed by atoms with Crippen LogP contribution in [0.2, 0.25) is 0 Å². The number of methoxy groups -OCH3 is 2. The molecule has 6 nitrogen and oxygen atoms in total. The van der Waals surface area contributed by atoms with Crippen LogP contribution in [0.4, 0.5) is 5.69 Å². The van der Waals surface area contributed by atoms with Crippen molar-refractivity contribution in [3.05, 3.63) is 59.3 Å². The second kappa shape index (κ2) is 8.22. The summed E-state index contributed by atoms with van der Waals surface area (Å²) in [5.41, 5.74) is 3.14. The van der Waals surface area contributed by atoms with Gasteiger partial charge in [0, 0.05) is 12.2 Å². The Bertz CT molecular complexity index is 1000. The van der Waals surface area contributed by atoms with E-state index < -0.39 is 0 Å². The minimum absolute atomic E-state index is 0.0285. The Morgan fingerprint density at radius 1 is 0.900 bits per heavy atom. The second-order valence-corrected chi connectivity index (χ2v) is 8.13. The van der Waals surface area contributed by atoms with Crippen LogP contribution in [-0.2, 0) is 15.0 Å². The number of carbonyl (C=O) groups is 2. The number of hydrogen-bond acceptors (Lipinski definition) is 5. The fraction of sp³-hybridized carbons (Fsp3) is 0.333. The Kier molecular flexibility index (Phi) is 5.87. The van der Waals surface area contributed by atoms with Crippen molar-refractivity contribution in [2.45, 2.75) is 33.1 Å². The summed E-state index contributed by atoms with van der Waals surface area (Å²) < 4.78 is 10.7. The monoisotopic (exact) mass is 408 g/mol. The highest BCUT2D eigenvalue weighted by Crippen LogP contribution is 2.35. The lowest BCUT2D eigenvalue weighted by atomic mass is 9.87. The number of amides is 2. The fourth-order valence-electron chi connectivity index (χ4n) is 3.44. The van der Waals surface area contributed by atoms with Gasteiger partial charge in [-0.2, -0.15) is 0 Å². The maximum absolute atomic E-state index is 13.0. The van der Waals surface area contributed by atoms with E-state index in [4.69, 9.17) is 9.47 Å². The molecule has 0 spiro atoms. The average Bonchev–Trinajstić information content (AvgIpc) is 2.96. The van der Waals surface area contributed by atoms with Crippen LogP contribution < -0.4 is 14.8 Å². The lowest BCUT2D eigenvalue weighted by molar-refractivity contribution is -0.136. The van der Waals surface area contributed by atoms with Crippen molar-refractivity contribution >= 4 is 23.1 Å². The number of imide groups is 1. The second-order valence-electron chi connectivity index (χ2n) is 8.13. The van der Waals surface area contributed by atoms with Crippen LogP contribution in [-0.4, -0.2) is 37.5 Å². The molecule has 0 fully saturated rings. The van der Waals surface area contributed by atoms with Gasteiger partial charge in [0.25, 0.3) is 11.8 Å². The Hall–Kier alpha value is -3.28. The predicted molar refractivity (Wildman–Crippen MR) is 118 cm³/mol. The van der Waals surface area contributed by atoms with Crippen LogP contribution in [0.3, 0.4) is 0 Å². The Morgan fingerprint density at radius 2 is 1.53 bits per heavy atom. The molecule has 2 amide bonds. The first kappa shape index (κ1) is 21.4. The van der Waals surface area contributed by atoms with Crippen molar-refractivity contribution in [2.75, 3.05) is 26.1 Å². The number of likely N-dealkylation sites (N-methyl/N-ethyl adjacent to an activating group) is 1. The molecule has 1 heterocycles. The molecule has 158 valence electrons. The molecule has 30 heavy (non-hydrogen) atoms. The van der Waals surface area contributed by atoms with Crippen molar-refractivity contribution in [3.63, 3.8) is 0 Å². The standard InChI is InChI=1S/C24H28N2O4/c1-7-26-22(27)20(15-8-13-18(29-5)19(14-15)30-6)21(23(26)28)25-17-11-9-16(10-12-17)24(2,3)4/h8-14,25H,7H2,1-6H3. The smallest absolute Gasteiger partial charge is 0.278 e. The quantitative estimate of drug-likeness (QED) is 0.725. The van der Waals surface area contributed by atoms with Crippen molar-refractivity contribution in [2.24, 2.45) is 0 Å². The summed E-state index contributed by atoms with van der Waals surface area (Å²) in [7, 11) is 3.08. The highest BCUT2D eigenvalue weighted by molar-refractivity contribution is 6.36. The number of ether oxygens (including phenoxy) is 2. The lowest BCUT2D eigenvalue weighted by Gasteiger charge is -2.19. The van der Waals surface area contributed by atoms with E-state index in [1.54, 1.807) is 32.2 Å². The summed E-state index contributed by atoms with van der Waals surface area (Å²) in [5.74, 6) is 0.376. The third-order valence-electron chi connectivity index (χ3n) is 5.18. The van der Waals surface area contributed by atoms with Gasteiger partial charge < -0.3 is 14.8 Å². The molecule has 0 saturated heterocycles. The van der Waals surface area contributed by atoms with Gasteiger partial charge in [-0.3, -0.25) is 14.5 Å². The molecule has 1 aliphatic heterocycles. The van der Waals surface area contributed by atoms with Crippen LogP contribution in [0, 0.1) is 0 Å². The summed E-state index contributed by atoms with van der Waals surface area (Å²) in [6.07, 6.45) is 0. The zero-order valence-corrected chi connectivity index (χ0v) is 18.3. The average molecular weight is 408 g/mol. The predicted octanol–water partition coefficient (Wildman–Crippen LogP) is 4.21. The molecular weight excluding hydrogens is 380 g/mol. The highest BCUT2D eigenvalue weighted by Gasteiger charge is 2.38. The van der Waals surface area contributed by atoms with Crippen LogP contribution in [0.1, 0.15) is 38.8 Å². The molecule has 0 aliphatic carbocycles. The SMILES string of the molecule is CCN1C(=O)C(Nc2ccc(C(C)(C)C)cc2)=C(c2ccc(OC)c(OC)c2)C1=O. The molecule has 0 bridgehead atoms.